The van der Waals surface area contributed by atoms with Crippen molar-refractivity contribution in [1.29, 1.82) is 0 Å². The number of nitrogens with zero attached hydrogens (tertiary/aromatic N) is 1. The predicted octanol–water partition coefficient (Wildman–Crippen LogP) is 2.02. The number of carboxylic acid groups (broad SMARTS) is 1. The molecule has 1 aromatic heterocycles. The Morgan fingerprint density at radius 2 is 2.06 bits per heavy atom. The Labute approximate surface area is 94.5 Å². The highest BCUT2D eigenvalue weighted by Gasteiger charge is 2.28. The van der Waals surface area contributed by atoms with Crippen LogP contribution in [0.1, 0.15) is 37.3 Å². The van der Waals surface area contributed by atoms with Crippen molar-refractivity contribution in [2.24, 2.45) is 5.92 Å². The van der Waals surface area contributed by atoms with Crippen molar-refractivity contribution >= 4 is 11.7 Å². The van der Waals surface area contributed by atoms with Crippen molar-refractivity contribution in [3.63, 3.8) is 0 Å². The van der Waals surface area contributed by atoms with Crippen molar-refractivity contribution in [2.45, 2.75) is 31.6 Å². The summed E-state index contributed by atoms with van der Waals surface area (Å²) >= 11 is 0. The molecule has 86 valence electrons. The van der Waals surface area contributed by atoms with Gasteiger partial charge in [-0.25, -0.2) is 0 Å². The maximum atomic E-state index is 10.8. The van der Waals surface area contributed by atoms with Gasteiger partial charge in [0.05, 0.1) is 17.3 Å². The fourth-order valence-electron chi connectivity index (χ4n) is 2.38. The first kappa shape index (κ1) is 10.9. The van der Waals surface area contributed by atoms with Crippen LogP contribution < -0.4 is 5.73 Å². The summed E-state index contributed by atoms with van der Waals surface area (Å²) in [6.45, 7) is 0. The summed E-state index contributed by atoms with van der Waals surface area (Å²) in [6, 6.07) is 3.67. The number of hydrogen-bond acceptors (Lipinski definition) is 3. The minimum absolute atomic E-state index is 0.179. The van der Waals surface area contributed by atoms with Crippen molar-refractivity contribution in [3.05, 3.63) is 24.0 Å². The first-order chi connectivity index (χ1) is 7.68. The number of aromatic nitrogens is 1. The van der Waals surface area contributed by atoms with Crippen molar-refractivity contribution < 1.29 is 9.90 Å². The van der Waals surface area contributed by atoms with E-state index < -0.39 is 5.97 Å². The maximum absolute atomic E-state index is 10.8. The number of carbonyl (C=O) groups is 1. The Kier molecular flexibility index (Phi) is 3.08. The normalized spacial score (nSPS) is 25.2. The first-order valence-corrected chi connectivity index (χ1v) is 5.61. The summed E-state index contributed by atoms with van der Waals surface area (Å²) in [6.07, 6.45) is 4.96. The summed E-state index contributed by atoms with van der Waals surface area (Å²) in [5.74, 6) is -0.523. The molecule has 1 aliphatic carbocycles. The quantitative estimate of drug-likeness (QED) is 0.799. The molecule has 0 aliphatic heterocycles. The third-order valence-corrected chi connectivity index (χ3v) is 3.33. The fourth-order valence-corrected chi connectivity index (χ4v) is 2.38. The minimum Gasteiger partial charge on any atom is -0.481 e. The highest BCUT2D eigenvalue weighted by atomic mass is 16.4. The number of pyridine rings is 1. The molecular formula is C12H16N2O2. The van der Waals surface area contributed by atoms with Crippen molar-refractivity contribution in [3.8, 4) is 0 Å². The summed E-state index contributed by atoms with van der Waals surface area (Å²) in [7, 11) is 0. The van der Waals surface area contributed by atoms with Gasteiger partial charge in [0, 0.05) is 12.1 Å². The topological polar surface area (TPSA) is 76.2 Å². The number of aliphatic carboxylic acids is 1. The molecule has 1 aromatic rings. The second-order valence-corrected chi connectivity index (χ2v) is 4.36. The van der Waals surface area contributed by atoms with Crippen LogP contribution in [0.5, 0.6) is 0 Å². The van der Waals surface area contributed by atoms with Crippen LogP contribution in [0.3, 0.4) is 0 Å². The smallest absolute Gasteiger partial charge is 0.306 e. The van der Waals surface area contributed by atoms with Gasteiger partial charge in [-0.3, -0.25) is 9.78 Å². The molecule has 1 heterocycles. The van der Waals surface area contributed by atoms with E-state index in [9.17, 15) is 4.79 Å². The number of carboxylic acids is 1. The first-order valence-electron chi connectivity index (χ1n) is 5.61. The van der Waals surface area contributed by atoms with Crippen LogP contribution in [0.4, 0.5) is 5.69 Å². The van der Waals surface area contributed by atoms with E-state index >= 15 is 0 Å². The van der Waals surface area contributed by atoms with Gasteiger partial charge in [0.25, 0.3) is 0 Å². The number of nitrogens with two attached hydrogens (primary N) is 1. The van der Waals surface area contributed by atoms with Crippen LogP contribution >= 0.6 is 0 Å². The largest absolute Gasteiger partial charge is 0.481 e. The molecule has 1 fully saturated rings. The maximum Gasteiger partial charge on any atom is 0.306 e. The SMILES string of the molecule is Nc1cccnc1C1CCC(C(=O)O)CC1. The van der Waals surface area contributed by atoms with Crippen LogP contribution in [-0.2, 0) is 4.79 Å². The molecule has 0 atom stereocenters. The molecule has 0 bridgehead atoms. The van der Waals surface area contributed by atoms with Crippen LogP contribution in [0.2, 0.25) is 0 Å². The molecule has 0 unspecified atom stereocenters. The molecule has 0 saturated heterocycles. The van der Waals surface area contributed by atoms with Gasteiger partial charge in [-0.05, 0) is 37.8 Å². The van der Waals surface area contributed by atoms with Crippen molar-refractivity contribution in [1.82, 2.24) is 4.98 Å². The second-order valence-electron chi connectivity index (χ2n) is 4.36. The molecule has 0 aromatic carbocycles. The average Bonchev–Trinajstić information content (AvgIpc) is 2.30. The number of rotatable bonds is 2. The zero-order valence-electron chi connectivity index (χ0n) is 9.10. The minimum atomic E-state index is -0.674. The lowest BCUT2D eigenvalue weighted by molar-refractivity contribution is -0.142. The van der Waals surface area contributed by atoms with Crippen LogP contribution in [0.15, 0.2) is 18.3 Å². The monoisotopic (exact) mass is 220 g/mol. The Morgan fingerprint density at radius 3 is 2.62 bits per heavy atom. The molecule has 16 heavy (non-hydrogen) atoms. The molecule has 0 radical (unpaired) electrons. The number of nitrogen functional groups attached to an aromatic ring is 1. The van der Waals surface area contributed by atoms with Crippen LogP contribution in [0.25, 0.3) is 0 Å². The van der Waals surface area contributed by atoms with E-state index in [1.807, 2.05) is 12.1 Å². The fraction of sp³-hybridized carbons (Fsp3) is 0.500. The molecular weight excluding hydrogens is 204 g/mol. The van der Waals surface area contributed by atoms with Gasteiger partial charge in [0.1, 0.15) is 0 Å². The van der Waals surface area contributed by atoms with Crippen LogP contribution in [-0.4, -0.2) is 16.1 Å². The highest BCUT2D eigenvalue weighted by Crippen LogP contribution is 2.36. The molecule has 4 heteroatoms. The lowest BCUT2D eigenvalue weighted by Gasteiger charge is -2.26. The lowest BCUT2D eigenvalue weighted by Crippen LogP contribution is -2.21. The predicted molar refractivity (Wildman–Crippen MR) is 61.0 cm³/mol. The number of hydrogen-bond donors (Lipinski definition) is 2. The molecule has 2 rings (SSSR count). The zero-order valence-corrected chi connectivity index (χ0v) is 9.10. The summed E-state index contributed by atoms with van der Waals surface area (Å²) in [5.41, 5.74) is 7.53. The summed E-state index contributed by atoms with van der Waals surface area (Å²) in [4.78, 5) is 15.1. The Morgan fingerprint density at radius 1 is 1.38 bits per heavy atom. The van der Waals surface area contributed by atoms with Gasteiger partial charge in [-0.15, -0.1) is 0 Å². The molecule has 1 saturated carbocycles. The standard InChI is InChI=1S/C12H16N2O2/c13-10-2-1-7-14-11(10)8-3-5-9(6-4-8)12(15)16/h1-2,7-9H,3-6,13H2,(H,15,16). The molecule has 0 amide bonds. The van der Waals surface area contributed by atoms with E-state index in [1.165, 1.54) is 0 Å². The summed E-state index contributed by atoms with van der Waals surface area (Å²) in [5, 5.41) is 8.91. The molecule has 4 nitrogen and oxygen atoms in total. The van der Waals surface area contributed by atoms with E-state index in [1.54, 1.807) is 6.20 Å². The van der Waals surface area contributed by atoms with Gasteiger partial charge in [-0.1, -0.05) is 0 Å². The summed E-state index contributed by atoms with van der Waals surface area (Å²) < 4.78 is 0. The number of anilines is 1. The van der Waals surface area contributed by atoms with Gasteiger partial charge < -0.3 is 10.8 Å². The van der Waals surface area contributed by atoms with E-state index in [0.717, 1.165) is 37.1 Å². The molecule has 1 aliphatic rings. The zero-order chi connectivity index (χ0) is 11.5. The van der Waals surface area contributed by atoms with Gasteiger partial charge in [0.2, 0.25) is 0 Å². The average molecular weight is 220 g/mol. The Bertz CT molecular complexity index is 384. The van der Waals surface area contributed by atoms with Crippen LogP contribution in [0, 0.1) is 5.92 Å². The van der Waals surface area contributed by atoms with Gasteiger partial charge in [-0.2, -0.15) is 0 Å². The lowest BCUT2D eigenvalue weighted by atomic mass is 9.80. The third kappa shape index (κ3) is 2.15. The third-order valence-electron chi connectivity index (χ3n) is 3.33. The van der Waals surface area contributed by atoms with Crippen molar-refractivity contribution in [2.75, 3.05) is 5.73 Å². The second kappa shape index (κ2) is 4.51. The molecule has 3 N–H and O–H groups in total. The van der Waals surface area contributed by atoms with E-state index in [-0.39, 0.29) is 5.92 Å². The highest BCUT2D eigenvalue weighted by molar-refractivity contribution is 5.70. The van der Waals surface area contributed by atoms with E-state index in [4.69, 9.17) is 10.8 Å². The Balaban J connectivity index is 2.05. The van der Waals surface area contributed by atoms with E-state index in [2.05, 4.69) is 4.98 Å². The van der Waals surface area contributed by atoms with Gasteiger partial charge in [0.15, 0.2) is 0 Å². The Hall–Kier alpha value is -1.58. The molecule has 0 spiro atoms. The van der Waals surface area contributed by atoms with E-state index in [0.29, 0.717) is 5.92 Å². The van der Waals surface area contributed by atoms with Gasteiger partial charge >= 0.3 is 5.97 Å².